The summed E-state index contributed by atoms with van der Waals surface area (Å²) in [5, 5.41) is 7.04. The van der Waals surface area contributed by atoms with E-state index in [2.05, 4.69) is 37.5 Å². The SMILES string of the molecule is CCC1CCC2(C1)NC(NC1=NC3(C)C=CC=CC3O1)=NC1CCCC(=O)C12C. The minimum Gasteiger partial charge on any atom is -0.454 e. The standard InChI is InChI=1S/C23H32N4O2/c1-4-15-11-13-23(14-15)22(3)16(8-7-9-17(22)28)24-19(26-23)25-20-27-21(2)12-6-5-10-18(21)29-20/h5-6,10,12,15-16,18H,4,7-9,11,13-14H2,1-3H3,(H2,24,25,26,27). The number of fused-ring (bicyclic) bond motifs is 3. The van der Waals surface area contributed by atoms with Crippen molar-refractivity contribution in [1.82, 2.24) is 10.6 Å². The number of hydrogen-bond acceptors (Lipinski definition) is 6. The van der Waals surface area contributed by atoms with Gasteiger partial charge in [0.05, 0.1) is 17.0 Å². The fourth-order valence-corrected chi connectivity index (χ4v) is 6.15. The summed E-state index contributed by atoms with van der Waals surface area (Å²) in [4.78, 5) is 22.9. The van der Waals surface area contributed by atoms with Crippen molar-refractivity contribution in [1.29, 1.82) is 0 Å². The van der Waals surface area contributed by atoms with E-state index in [1.807, 2.05) is 18.2 Å². The Kier molecular flexibility index (Phi) is 4.20. The summed E-state index contributed by atoms with van der Waals surface area (Å²) in [6.45, 7) is 6.50. The molecular weight excluding hydrogens is 364 g/mol. The summed E-state index contributed by atoms with van der Waals surface area (Å²) >= 11 is 0. The van der Waals surface area contributed by atoms with Crippen molar-refractivity contribution < 1.29 is 9.53 Å². The van der Waals surface area contributed by atoms with E-state index < -0.39 is 5.41 Å². The molecule has 1 spiro atoms. The van der Waals surface area contributed by atoms with E-state index in [4.69, 9.17) is 14.7 Å². The van der Waals surface area contributed by atoms with Crippen molar-refractivity contribution in [2.24, 2.45) is 21.3 Å². The van der Waals surface area contributed by atoms with Crippen LogP contribution < -0.4 is 10.6 Å². The number of aliphatic imine (C=N–C) groups is 2. The first-order valence-corrected chi connectivity index (χ1v) is 11.2. The maximum atomic E-state index is 13.2. The fraction of sp³-hybridized carbons (Fsp3) is 0.696. The molecule has 6 unspecified atom stereocenters. The highest BCUT2D eigenvalue weighted by Gasteiger charge is 2.62. The molecule has 3 aliphatic carbocycles. The summed E-state index contributed by atoms with van der Waals surface area (Å²) in [5.74, 6) is 1.75. The second kappa shape index (κ2) is 6.44. The van der Waals surface area contributed by atoms with Crippen LogP contribution in [0.5, 0.6) is 0 Å². The second-order valence-electron chi connectivity index (χ2n) is 9.79. The minimum absolute atomic E-state index is 0.0164. The molecule has 0 radical (unpaired) electrons. The molecule has 156 valence electrons. The summed E-state index contributed by atoms with van der Waals surface area (Å²) in [6.07, 6.45) is 15.0. The molecule has 2 heterocycles. The molecule has 6 heteroatoms. The largest absolute Gasteiger partial charge is 0.454 e. The van der Waals surface area contributed by atoms with Crippen LogP contribution in [0.2, 0.25) is 0 Å². The Labute approximate surface area is 173 Å². The number of ether oxygens (including phenoxy) is 1. The first-order chi connectivity index (χ1) is 13.9. The highest BCUT2D eigenvalue weighted by molar-refractivity contribution is 6.00. The first kappa shape index (κ1) is 18.9. The van der Waals surface area contributed by atoms with Crippen LogP contribution in [0.4, 0.5) is 0 Å². The second-order valence-corrected chi connectivity index (χ2v) is 9.79. The molecule has 2 N–H and O–H groups in total. The van der Waals surface area contributed by atoms with Crippen molar-refractivity contribution in [3.05, 3.63) is 24.3 Å². The quantitative estimate of drug-likeness (QED) is 0.713. The lowest BCUT2D eigenvalue weighted by Crippen LogP contribution is -2.70. The van der Waals surface area contributed by atoms with E-state index in [1.165, 1.54) is 6.42 Å². The van der Waals surface area contributed by atoms with Crippen LogP contribution >= 0.6 is 0 Å². The van der Waals surface area contributed by atoms with E-state index in [0.717, 1.165) is 32.1 Å². The third-order valence-electron chi connectivity index (χ3n) is 8.17. The molecule has 2 aliphatic heterocycles. The average molecular weight is 397 g/mol. The van der Waals surface area contributed by atoms with Gasteiger partial charge in [0.2, 0.25) is 0 Å². The Morgan fingerprint density at radius 3 is 2.93 bits per heavy atom. The van der Waals surface area contributed by atoms with Gasteiger partial charge in [0.25, 0.3) is 6.02 Å². The van der Waals surface area contributed by atoms with Crippen LogP contribution in [0.25, 0.3) is 0 Å². The lowest BCUT2D eigenvalue weighted by molar-refractivity contribution is -0.137. The first-order valence-electron chi connectivity index (χ1n) is 11.2. The molecule has 6 nitrogen and oxygen atoms in total. The number of amidine groups is 1. The third kappa shape index (κ3) is 2.71. The summed E-state index contributed by atoms with van der Waals surface area (Å²) < 4.78 is 6.06. The molecule has 0 aromatic carbocycles. The number of carbonyl (C=O) groups excluding carboxylic acids is 1. The molecule has 6 atom stereocenters. The fourth-order valence-electron chi connectivity index (χ4n) is 6.15. The van der Waals surface area contributed by atoms with Crippen molar-refractivity contribution in [3.63, 3.8) is 0 Å². The van der Waals surface area contributed by atoms with Crippen LogP contribution in [-0.4, -0.2) is 41.0 Å². The maximum Gasteiger partial charge on any atom is 0.293 e. The number of nitrogens with one attached hydrogen (secondary N) is 2. The van der Waals surface area contributed by atoms with Gasteiger partial charge in [0.15, 0.2) is 5.96 Å². The number of allylic oxidation sites excluding steroid dienone is 2. The van der Waals surface area contributed by atoms with E-state index in [0.29, 0.717) is 30.1 Å². The molecule has 29 heavy (non-hydrogen) atoms. The zero-order chi connectivity index (χ0) is 20.3. The van der Waals surface area contributed by atoms with Gasteiger partial charge in [-0.15, -0.1) is 0 Å². The van der Waals surface area contributed by atoms with Crippen molar-refractivity contribution in [3.8, 4) is 0 Å². The van der Waals surface area contributed by atoms with Crippen molar-refractivity contribution in [2.45, 2.75) is 88.9 Å². The molecule has 0 amide bonds. The predicted molar refractivity (Wildman–Crippen MR) is 114 cm³/mol. The third-order valence-corrected chi connectivity index (χ3v) is 8.17. The number of hydrogen-bond donors (Lipinski definition) is 2. The summed E-state index contributed by atoms with van der Waals surface area (Å²) in [5.41, 5.74) is -1.03. The van der Waals surface area contributed by atoms with Crippen LogP contribution in [0.3, 0.4) is 0 Å². The van der Waals surface area contributed by atoms with E-state index in [-0.39, 0.29) is 23.2 Å². The van der Waals surface area contributed by atoms with Gasteiger partial charge in [-0.1, -0.05) is 31.6 Å². The number of ketones is 1. The lowest BCUT2D eigenvalue weighted by Gasteiger charge is -2.54. The molecule has 0 aromatic rings. The normalized spacial score (nSPS) is 45.2. The topological polar surface area (TPSA) is 75.1 Å². The highest BCUT2D eigenvalue weighted by Crippen LogP contribution is 2.54. The highest BCUT2D eigenvalue weighted by atomic mass is 16.5. The molecular formula is C23H32N4O2. The molecule has 2 saturated carbocycles. The summed E-state index contributed by atoms with van der Waals surface area (Å²) in [6, 6.07) is 0.522. The van der Waals surface area contributed by atoms with Crippen molar-refractivity contribution >= 4 is 17.8 Å². The number of Topliss-reactive ketones (excluding diaryl/α,β-unsaturated/α-hetero) is 1. The maximum absolute atomic E-state index is 13.2. The Balaban J connectivity index is 1.45. The molecule has 0 aromatic heterocycles. The number of carbonyl (C=O) groups is 1. The van der Waals surface area contributed by atoms with Gasteiger partial charge in [0.1, 0.15) is 17.4 Å². The van der Waals surface area contributed by atoms with Gasteiger partial charge < -0.3 is 10.1 Å². The smallest absolute Gasteiger partial charge is 0.293 e. The Morgan fingerprint density at radius 2 is 2.17 bits per heavy atom. The van der Waals surface area contributed by atoms with Gasteiger partial charge in [-0.05, 0) is 57.9 Å². The Bertz CT molecular complexity index is 846. The Morgan fingerprint density at radius 1 is 1.31 bits per heavy atom. The Hall–Kier alpha value is -2.11. The zero-order valence-electron chi connectivity index (χ0n) is 17.7. The average Bonchev–Trinajstić information content (AvgIpc) is 3.25. The van der Waals surface area contributed by atoms with E-state index in [1.54, 1.807) is 0 Å². The number of rotatable bonds is 1. The van der Waals surface area contributed by atoms with E-state index in [9.17, 15) is 4.79 Å². The molecule has 2 fully saturated rings. The van der Waals surface area contributed by atoms with Crippen molar-refractivity contribution in [2.75, 3.05) is 0 Å². The van der Waals surface area contributed by atoms with Gasteiger partial charge in [-0.3, -0.25) is 10.1 Å². The number of guanidine groups is 1. The molecule has 5 rings (SSSR count). The van der Waals surface area contributed by atoms with Crippen LogP contribution in [-0.2, 0) is 9.53 Å². The summed E-state index contributed by atoms with van der Waals surface area (Å²) in [7, 11) is 0. The van der Waals surface area contributed by atoms with E-state index >= 15 is 0 Å². The number of nitrogens with zero attached hydrogens (tertiary/aromatic N) is 2. The lowest BCUT2D eigenvalue weighted by atomic mass is 9.57. The van der Waals surface area contributed by atoms with Gasteiger partial charge in [-0.25, -0.2) is 9.98 Å². The molecule has 5 aliphatic rings. The zero-order valence-corrected chi connectivity index (χ0v) is 17.7. The minimum atomic E-state index is -0.426. The van der Waals surface area contributed by atoms with Crippen LogP contribution in [0.1, 0.15) is 65.7 Å². The van der Waals surface area contributed by atoms with Crippen LogP contribution in [0, 0.1) is 11.3 Å². The van der Waals surface area contributed by atoms with Gasteiger partial charge in [0, 0.05) is 6.42 Å². The van der Waals surface area contributed by atoms with Gasteiger partial charge in [-0.2, -0.15) is 0 Å². The van der Waals surface area contributed by atoms with Crippen LogP contribution in [0.15, 0.2) is 34.3 Å². The van der Waals surface area contributed by atoms with Gasteiger partial charge >= 0.3 is 0 Å². The predicted octanol–water partition coefficient (Wildman–Crippen LogP) is 3.25. The molecule has 0 bridgehead atoms. The molecule has 0 saturated heterocycles. The monoisotopic (exact) mass is 396 g/mol.